The topological polar surface area (TPSA) is 67.9 Å². The molecule has 1 fully saturated rings. The van der Waals surface area contributed by atoms with Crippen molar-refractivity contribution in [3.63, 3.8) is 0 Å². The molecule has 1 aliphatic heterocycles. The number of carbonyl (C=O) groups excluding carboxylic acids is 2. The van der Waals surface area contributed by atoms with Crippen molar-refractivity contribution < 1.29 is 23.5 Å². The molecule has 0 saturated carbocycles. The molecule has 0 radical (unpaired) electrons. The lowest BCUT2D eigenvalue weighted by atomic mass is 10.1. The zero-order valence-electron chi connectivity index (χ0n) is 22.0. The van der Waals surface area contributed by atoms with E-state index in [9.17, 15) is 14.0 Å². The molecule has 1 saturated heterocycles. The van der Waals surface area contributed by atoms with E-state index in [1.165, 1.54) is 40.9 Å². The maximum Gasteiger partial charge on any atom is 0.270 e. The summed E-state index contributed by atoms with van der Waals surface area (Å²) >= 11 is 6.72. The molecule has 4 aromatic carbocycles. The largest absolute Gasteiger partial charge is 0.490 e. The Kier molecular flexibility index (Phi) is 8.76. The second-order valence-electron chi connectivity index (χ2n) is 8.94. The SMILES string of the molecule is CCOc1cc(/C=C2/SC(=S)N(c3cccc(C(=O)Nc4ccc(F)cc4)c3)C2=O)ccc1OCc1ccccc1. The first-order valence-corrected chi connectivity index (χ1v) is 14.0. The van der Waals surface area contributed by atoms with Gasteiger partial charge >= 0.3 is 0 Å². The van der Waals surface area contributed by atoms with Crippen LogP contribution in [0, 0.1) is 5.82 Å². The summed E-state index contributed by atoms with van der Waals surface area (Å²) in [5.74, 6) is 0.105. The third kappa shape index (κ3) is 6.82. The van der Waals surface area contributed by atoms with E-state index >= 15 is 0 Å². The lowest BCUT2D eigenvalue weighted by molar-refractivity contribution is -0.113. The van der Waals surface area contributed by atoms with Crippen molar-refractivity contribution in [1.82, 2.24) is 0 Å². The van der Waals surface area contributed by atoms with Crippen LogP contribution in [0.15, 0.2) is 102 Å². The summed E-state index contributed by atoms with van der Waals surface area (Å²) in [4.78, 5) is 28.1. The molecule has 4 aromatic rings. The predicted molar refractivity (Wildman–Crippen MR) is 165 cm³/mol. The van der Waals surface area contributed by atoms with Gasteiger partial charge in [0.05, 0.1) is 17.2 Å². The predicted octanol–water partition coefficient (Wildman–Crippen LogP) is 7.46. The minimum Gasteiger partial charge on any atom is -0.490 e. The van der Waals surface area contributed by atoms with Crippen LogP contribution in [0.5, 0.6) is 11.5 Å². The molecule has 9 heteroatoms. The van der Waals surface area contributed by atoms with E-state index < -0.39 is 11.7 Å². The Morgan fingerprint density at radius 2 is 1.73 bits per heavy atom. The van der Waals surface area contributed by atoms with Crippen molar-refractivity contribution in [2.24, 2.45) is 0 Å². The number of benzene rings is 4. The number of halogens is 1. The van der Waals surface area contributed by atoms with Crippen molar-refractivity contribution in [1.29, 1.82) is 0 Å². The van der Waals surface area contributed by atoms with Crippen LogP contribution in [0.2, 0.25) is 0 Å². The summed E-state index contributed by atoms with van der Waals surface area (Å²) in [7, 11) is 0. The molecule has 0 spiro atoms. The number of nitrogens with one attached hydrogen (secondary N) is 1. The molecule has 1 N–H and O–H groups in total. The van der Waals surface area contributed by atoms with E-state index in [0.29, 0.717) is 50.9 Å². The third-order valence-electron chi connectivity index (χ3n) is 6.06. The molecule has 5 rings (SSSR count). The lowest BCUT2D eigenvalue weighted by Crippen LogP contribution is -2.27. The van der Waals surface area contributed by atoms with E-state index in [2.05, 4.69) is 5.32 Å². The Morgan fingerprint density at radius 3 is 2.49 bits per heavy atom. The van der Waals surface area contributed by atoms with Crippen molar-refractivity contribution in [2.75, 3.05) is 16.8 Å². The number of hydrogen-bond acceptors (Lipinski definition) is 6. The molecule has 0 unspecified atom stereocenters. The number of hydrogen-bond donors (Lipinski definition) is 1. The molecule has 2 amide bonds. The van der Waals surface area contributed by atoms with E-state index in [4.69, 9.17) is 21.7 Å². The maximum atomic E-state index is 13.4. The van der Waals surface area contributed by atoms with E-state index in [-0.39, 0.29) is 5.91 Å². The van der Waals surface area contributed by atoms with E-state index in [1.807, 2.05) is 55.5 Å². The number of anilines is 2. The van der Waals surface area contributed by atoms with Crippen LogP contribution in [0.25, 0.3) is 6.08 Å². The number of ether oxygens (including phenoxy) is 2. The molecule has 41 heavy (non-hydrogen) atoms. The van der Waals surface area contributed by atoms with Crippen molar-refractivity contribution in [3.8, 4) is 11.5 Å². The normalized spacial score (nSPS) is 13.9. The molecule has 1 aliphatic rings. The average Bonchev–Trinajstić information content (AvgIpc) is 3.26. The molecule has 206 valence electrons. The van der Waals surface area contributed by atoms with Gasteiger partial charge < -0.3 is 14.8 Å². The molecule has 6 nitrogen and oxygen atoms in total. The Labute approximate surface area is 246 Å². The summed E-state index contributed by atoms with van der Waals surface area (Å²) in [6.45, 7) is 2.76. The number of thioether (sulfide) groups is 1. The Balaban J connectivity index is 1.33. The Morgan fingerprint density at radius 1 is 0.951 bits per heavy atom. The smallest absolute Gasteiger partial charge is 0.270 e. The summed E-state index contributed by atoms with van der Waals surface area (Å²) < 4.78 is 25.4. The molecule has 0 atom stereocenters. The molecule has 0 aliphatic carbocycles. The Hall–Kier alpha value is -4.47. The number of carbonyl (C=O) groups is 2. The quantitative estimate of drug-likeness (QED) is 0.163. The van der Waals surface area contributed by atoms with E-state index in [1.54, 1.807) is 30.3 Å². The number of rotatable bonds is 9. The molecular formula is C32H25FN2O4S2. The van der Waals surface area contributed by atoms with Gasteiger partial charge in [0, 0.05) is 11.3 Å². The highest BCUT2D eigenvalue weighted by molar-refractivity contribution is 8.27. The highest BCUT2D eigenvalue weighted by atomic mass is 32.2. The fraction of sp³-hybridized carbons (Fsp3) is 0.0938. The van der Waals surface area contributed by atoms with Crippen LogP contribution in [0.4, 0.5) is 15.8 Å². The fourth-order valence-corrected chi connectivity index (χ4v) is 5.40. The summed E-state index contributed by atoms with van der Waals surface area (Å²) in [5.41, 5.74) is 3.06. The minimum atomic E-state index is -0.395. The van der Waals surface area contributed by atoms with Crippen LogP contribution in [0.1, 0.15) is 28.4 Å². The highest BCUT2D eigenvalue weighted by Gasteiger charge is 2.33. The molecule has 0 bridgehead atoms. The summed E-state index contributed by atoms with van der Waals surface area (Å²) in [6, 6.07) is 27.5. The van der Waals surface area contributed by atoms with Gasteiger partial charge in [-0.15, -0.1) is 0 Å². The fourth-order valence-electron chi connectivity index (χ4n) is 4.10. The van der Waals surface area contributed by atoms with Crippen molar-refractivity contribution in [3.05, 3.63) is 124 Å². The van der Waals surface area contributed by atoms with Crippen LogP contribution in [-0.2, 0) is 11.4 Å². The molecule has 1 heterocycles. The van der Waals surface area contributed by atoms with Gasteiger partial charge in [-0.05, 0) is 78.7 Å². The first kappa shape index (κ1) is 28.1. The standard InChI is InChI=1S/C32H25FN2O4S2/c1-2-38-28-17-22(11-16-27(28)39-20-21-7-4-3-5-8-21)18-29-31(37)35(32(40)41-29)26-10-6-9-23(19-26)30(36)34-25-14-12-24(33)13-15-25/h3-19H,2,20H2,1H3,(H,34,36)/b29-18+. The number of amides is 2. The van der Waals surface area contributed by atoms with Gasteiger partial charge in [-0.1, -0.05) is 66.4 Å². The van der Waals surface area contributed by atoms with Crippen LogP contribution in [0.3, 0.4) is 0 Å². The zero-order valence-corrected chi connectivity index (χ0v) is 23.6. The van der Waals surface area contributed by atoms with Crippen molar-refractivity contribution >= 4 is 57.6 Å². The van der Waals surface area contributed by atoms with Gasteiger partial charge in [-0.2, -0.15) is 0 Å². The van der Waals surface area contributed by atoms with Crippen molar-refractivity contribution in [2.45, 2.75) is 13.5 Å². The molecular weight excluding hydrogens is 559 g/mol. The second-order valence-corrected chi connectivity index (χ2v) is 10.6. The lowest BCUT2D eigenvalue weighted by Gasteiger charge is -2.15. The number of nitrogens with zero attached hydrogens (tertiary/aromatic N) is 1. The monoisotopic (exact) mass is 584 g/mol. The zero-order chi connectivity index (χ0) is 28.8. The van der Waals surface area contributed by atoms with Crippen LogP contribution < -0.4 is 19.7 Å². The first-order chi connectivity index (χ1) is 19.9. The number of thiocarbonyl (C=S) groups is 1. The molecule has 0 aromatic heterocycles. The average molecular weight is 585 g/mol. The van der Waals surface area contributed by atoms with Gasteiger partial charge in [0.25, 0.3) is 11.8 Å². The van der Waals surface area contributed by atoms with Gasteiger partial charge in [-0.3, -0.25) is 14.5 Å². The maximum absolute atomic E-state index is 13.4. The van der Waals surface area contributed by atoms with Gasteiger partial charge in [0.2, 0.25) is 0 Å². The first-order valence-electron chi connectivity index (χ1n) is 12.8. The third-order valence-corrected chi connectivity index (χ3v) is 7.37. The van der Waals surface area contributed by atoms with Gasteiger partial charge in [-0.25, -0.2) is 4.39 Å². The van der Waals surface area contributed by atoms with Gasteiger partial charge in [0.15, 0.2) is 15.8 Å². The van der Waals surface area contributed by atoms with Crippen LogP contribution >= 0.6 is 24.0 Å². The highest BCUT2D eigenvalue weighted by Crippen LogP contribution is 2.37. The second kappa shape index (κ2) is 12.8. The summed E-state index contributed by atoms with van der Waals surface area (Å²) in [6.07, 6.45) is 1.76. The minimum absolute atomic E-state index is 0.293. The van der Waals surface area contributed by atoms with Crippen LogP contribution in [-0.4, -0.2) is 22.7 Å². The van der Waals surface area contributed by atoms with E-state index in [0.717, 1.165) is 11.1 Å². The summed E-state index contributed by atoms with van der Waals surface area (Å²) in [5, 5.41) is 2.72. The van der Waals surface area contributed by atoms with Gasteiger partial charge in [0.1, 0.15) is 12.4 Å². The Bertz CT molecular complexity index is 1620.